The second-order valence-corrected chi connectivity index (χ2v) is 4.36. The van der Waals surface area contributed by atoms with Crippen LogP contribution in [0.1, 0.15) is 19.3 Å². The van der Waals surface area contributed by atoms with Crippen molar-refractivity contribution in [3.63, 3.8) is 0 Å². The Hall–Kier alpha value is -0.830. The number of carbonyl (C=O) groups excluding carboxylic acids is 1. The minimum absolute atomic E-state index is 0.162. The van der Waals surface area contributed by atoms with E-state index in [2.05, 4.69) is 4.98 Å². The summed E-state index contributed by atoms with van der Waals surface area (Å²) in [6.45, 7) is 0. The first-order valence-corrected chi connectivity index (χ1v) is 5.34. The molecule has 2 rings (SSSR count). The van der Waals surface area contributed by atoms with Crippen LogP contribution in [0.3, 0.4) is 0 Å². The maximum atomic E-state index is 11.3. The fraction of sp³-hybridized carbons (Fsp3) is 0.400. The molecule has 0 aliphatic heterocycles. The lowest BCUT2D eigenvalue weighted by Crippen LogP contribution is -2.07. The van der Waals surface area contributed by atoms with Crippen LogP contribution < -0.4 is 0 Å². The molecule has 0 aromatic carbocycles. The number of thioether (sulfide) groups is 1. The average molecular weight is 193 g/mol. The lowest BCUT2D eigenvalue weighted by Gasteiger charge is -2.05. The topological polar surface area (TPSA) is 30.0 Å². The molecule has 2 nitrogen and oxygen atoms in total. The van der Waals surface area contributed by atoms with Crippen LogP contribution in [0, 0.1) is 0 Å². The summed E-state index contributed by atoms with van der Waals surface area (Å²) >= 11 is 1.60. The van der Waals surface area contributed by atoms with Crippen LogP contribution in [0.5, 0.6) is 0 Å². The highest BCUT2D eigenvalue weighted by molar-refractivity contribution is 8.00. The number of Topliss-reactive ketones (excluding diaryl/α,β-unsaturated/α-hetero) is 1. The summed E-state index contributed by atoms with van der Waals surface area (Å²) in [4.78, 5) is 15.5. The van der Waals surface area contributed by atoms with Crippen molar-refractivity contribution in [2.24, 2.45) is 0 Å². The third-order valence-corrected chi connectivity index (χ3v) is 3.42. The van der Waals surface area contributed by atoms with Gasteiger partial charge in [-0.25, -0.2) is 4.98 Å². The second kappa shape index (κ2) is 3.92. The van der Waals surface area contributed by atoms with Crippen LogP contribution in [0.2, 0.25) is 0 Å². The molecule has 1 aromatic rings. The highest BCUT2D eigenvalue weighted by Gasteiger charge is 2.25. The summed E-state index contributed by atoms with van der Waals surface area (Å²) in [5.41, 5.74) is 0. The van der Waals surface area contributed by atoms with Crippen molar-refractivity contribution in [2.45, 2.75) is 29.5 Å². The van der Waals surface area contributed by atoms with Crippen LogP contribution in [0.4, 0.5) is 0 Å². The van der Waals surface area contributed by atoms with Gasteiger partial charge in [-0.2, -0.15) is 0 Å². The van der Waals surface area contributed by atoms with Gasteiger partial charge in [0.05, 0.1) is 10.3 Å². The molecule has 0 unspecified atom stereocenters. The van der Waals surface area contributed by atoms with Crippen LogP contribution in [-0.4, -0.2) is 16.0 Å². The number of ketones is 1. The van der Waals surface area contributed by atoms with Crippen LogP contribution in [0.25, 0.3) is 0 Å². The van der Waals surface area contributed by atoms with Crippen molar-refractivity contribution in [3.8, 4) is 0 Å². The van der Waals surface area contributed by atoms with E-state index in [1.54, 1.807) is 18.0 Å². The Bertz CT molecular complexity index is 299. The molecule has 0 amide bonds. The van der Waals surface area contributed by atoms with E-state index in [1.165, 1.54) is 0 Å². The van der Waals surface area contributed by atoms with Crippen molar-refractivity contribution >= 4 is 17.5 Å². The van der Waals surface area contributed by atoms with Gasteiger partial charge in [-0.1, -0.05) is 17.8 Å². The lowest BCUT2D eigenvalue weighted by atomic mass is 10.3. The highest BCUT2D eigenvalue weighted by atomic mass is 32.2. The molecule has 1 saturated carbocycles. The first-order chi connectivity index (χ1) is 6.36. The van der Waals surface area contributed by atoms with Gasteiger partial charge >= 0.3 is 0 Å². The van der Waals surface area contributed by atoms with E-state index in [0.717, 1.165) is 24.3 Å². The van der Waals surface area contributed by atoms with Gasteiger partial charge in [-0.15, -0.1) is 0 Å². The Morgan fingerprint density at radius 1 is 1.46 bits per heavy atom. The molecular formula is C10H11NOS. The summed E-state index contributed by atoms with van der Waals surface area (Å²) in [5, 5.41) is 1.12. The number of carbonyl (C=O) groups is 1. The summed E-state index contributed by atoms with van der Waals surface area (Å²) < 4.78 is 0. The molecule has 3 heteroatoms. The van der Waals surface area contributed by atoms with E-state index in [9.17, 15) is 4.79 Å². The smallest absolute Gasteiger partial charge is 0.146 e. The van der Waals surface area contributed by atoms with Crippen LogP contribution in [-0.2, 0) is 4.79 Å². The number of aromatic nitrogens is 1. The summed E-state index contributed by atoms with van der Waals surface area (Å²) in [5.74, 6) is 0.385. The Morgan fingerprint density at radius 3 is 3.00 bits per heavy atom. The first-order valence-electron chi connectivity index (χ1n) is 4.46. The quantitative estimate of drug-likeness (QED) is 0.722. The average Bonchev–Trinajstić information content (AvgIpc) is 2.54. The molecule has 0 radical (unpaired) electrons. The standard InChI is InChI=1S/C10H11NOS/c12-8-4-3-5-9(8)13-10-6-1-2-7-11-10/h1-2,6-7,9H,3-5H2/t9-/m0/s1. The zero-order valence-corrected chi connectivity index (χ0v) is 8.09. The molecule has 68 valence electrons. The normalized spacial score (nSPS) is 22.2. The molecule has 0 bridgehead atoms. The number of rotatable bonds is 2. The maximum absolute atomic E-state index is 11.3. The molecule has 13 heavy (non-hydrogen) atoms. The third kappa shape index (κ3) is 2.10. The van der Waals surface area contributed by atoms with Crippen LogP contribution >= 0.6 is 11.8 Å². The monoisotopic (exact) mass is 193 g/mol. The maximum Gasteiger partial charge on any atom is 0.146 e. The van der Waals surface area contributed by atoms with E-state index < -0.39 is 0 Å². The van der Waals surface area contributed by atoms with Gasteiger partial charge in [0.1, 0.15) is 5.78 Å². The molecular weight excluding hydrogens is 182 g/mol. The van der Waals surface area contributed by atoms with E-state index >= 15 is 0 Å². The van der Waals surface area contributed by atoms with Crippen molar-refractivity contribution < 1.29 is 4.79 Å². The fourth-order valence-electron chi connectivity index (χ4n) is 1.47. The third-order valence-electron chi connectivity index (χ3n) is 2.15. The molecule has 1 atom stereocenters. The van der Waals surface area contributed by atoms with Crippen molar-refractivity contribution in [2.75, 3.05) is 0 Å². The Morgan fingerprint density at radius 2 is 2.38 bits per heavy atom. The molecule has 1 heterocycles. The minimum Gasteiger partial charge on any atom is -0.298 e. The summed E-state index contributed by atoms with van der Waals surface area (Å²) in [6, 6.07) is 5.80. The predicted molar refractivity (Wildman–Crippen MR) is 52.7 cm³/mol. The van der Waals surface area contributed by atoms with Crippen LogP contribution in [0.15, 0.2) is 29.4 Å². The zero-order chi connectivity index (χ0) is 9.10. The molecule has 1 aromatic heterocycles. The van der Waals surface area contributed by atoms with E-state index in [1.807, 2.05) is 18.2 Å². The Kier molecular flexibility index (Phi) is 2.64. The van der Waals surface area contributed by atoms with Gasteiger partial charge in [0.2, 0.25) is 0 Å². The summed E-state index contributed by atoms with van der Waals surface area (Å²) in [7, 11) is 0. The van der Waals surface area contributed by atoms with Gasteiger partial charge in [-0.05, 0) is 25.0 Å². The molecule has 0 N–H and O–H groups in total. The Balaban J connectivity index is 2.02. The largest absolute Gasteiger partial charge is 0.298 e. The van der Waals surface area contributed by atoms with Gasteiger partial charge in [-0.3, -0.25) is 4.79 Å². The van der Waals surface area contributed by atoms with Gasteiger partial charge < -0.3 is 0 Å². The van der Waals surface area contributed by atoms with Gasteiger partial charge in [0.15, 0.2) is 0 Å². The lowest BCUT2D eigenvalue weighted by molar-refractivity contribution is -0.116. The number of hydrogen-bond acceptors (Lipinski definition) is 3. The van der Waals surface area contributed by atoms with Crippen molar-refractivity contribution in [1.29, 1.82) is 0 Å². The summed E-state index contributed by atoms with van der Waals surface area (Å²) in [6.07, 6.45) is 4.58. The van der Waals surface area contributed by atoms with Crippen molar-refractivity contribution in [1.82, 2.24) is 4.98 Å². The highest BCUT2D eigenvalue weighted by Crippen LogP contribution is 2.30. The molecule has 0 spiro atoms. The Labute approximate surface area is 81.8 Å². The van der Waals surface area contributed by atoms with Gasteiger partial charge in [0.25, 0.3) is 0 Å². The van der Waals surface area contributed by atoms with Crippen molar-refractivity contribution in [3.05, 3.63) is 24.4 Å². The fourth-order valence-corrected chi connectivity index (χ4v) is 2.58. The molecule has 0 saturated heterocycles. The molecule has 1 fully saturated rings. The predicted octanol–water partition coefficient (Wildman–Crippen LogP) is 2.30. The number of pyridine rings is 1. The minimum atomic E-state index is 0.162. The number of nitrogens with zero attached hydrogens (tertiary/aromatic N) is 1. The van der Waals surface area contributed by atoms with E-state index in [0.29, 0.717) is 5.78 Å². The second-order valence-electron chi connectivity index (χ2n) is 3.13. The SMILES string of the molecule is O=C1CCC[C@@H]1Sc1ccccn1. The molecule has 1 aliphatic rings. The first kappa shape index (κ1) is 8.75. The van der Waals surface area contributed by atoms with Gasteiger partial charge in [0, 0.05) is 12.6 Å². The number of hydrogen-bond donors (Lipinski definition) is 0. The van der Waals surface area contributed by atoms with E-state index in [-0.39, 0.29) is 5.25 Å². The molecule has 1 aliphatic carbocycles. The zero-order valence-electron chi connectivity index (χ0n) is 7.27. The van der Waals surface area contributed by atoms with E-state index in [4.69, 9.17) is 0 Å².